The van der Waals surface area contributed by atoms with Gasteiger partial charge in [-0.15, -0.1) is 0 Å². The third kappa shape index (κ3) is 8.42. The third-order valence-electron chi connectivity index (χ3n) is 12.6. The van der Waals surface area contributed by atoms with E-state index in [4.69, 9.17) is 25.9 Å². The van der Waals surface area contributed by atoms with Crippen molar-refractivity contribution in [3.63, 3.8) is 0 Å². The van der Waals surface area contributed by atoms with Crippen LogP contribution in [-0.2, 0) is 20.7 Å². The molecule has 6 aromatic rings. The van der Waals surface area contributed by atoms with Crippen molar-refractivity contribution in [2.45, 2.75) is 55.8 Å². The van der Waals surface area contributed by atoms with E-state index in [1.54, 1.807) is 6.07 Å². The first-order chi connectivity index (χ1) is 30.8. The van der Waals surface area contributed by atoms with Crippen LogP contribution in [0, 0.1) is 0 Å². The van der Waals surface area contributed by atoms with E-state index < -0.39 is 31.9 Å². The maximum atomic E-state index is 13.2. The molecular formula is C50H46F4N6O4. The highest BCUT2D eigenvalue weighted by atomic mass is 19.4. The summed E-state index contributed by atoms with van der Waals surface area (Å²) in [5, 5.41) is 0. The molecule has 2 fully saturated rings. The first-order valence-electron chi connectivity index (χ1n) is 21.3. The Balaban J connectivity index is 0.000000162. The van der Waals surface area contributed by atoms with Gasteiger partial charge in [0.15, 0.2) is 13.2 Å². The van der Waals surface area contributed by atoms with Crippen LogP contribution in [0.2, 0.25) is 0 Å². The first kappa shape index (κ1) is 42.7. The average molecular weight is 871 g/mol. The SMILES string of the molecule is NC1(c2ccc(-c3nc4c(cc3-c3ccccc3)N(CC(F)(F)F)C(=O)CO4)cc2)CCC1.NC1(c2ccc(-c3nc4c(cc3-c3ccccc3)N(CCF)C(=O)CO4)cc2)CCC1. The van der Waals surface area contributed by atoms with Gasteiger partial charge in [-0.2, -0.15) is 13.2 Å². The third-order valence-corrected chi connectivity index (χ3v) is 12.6. The lowest BCUT2D eigenvalue weighted by Gasteiger charge is -2.38. The standard InChI is InChI=1S/C25H22F3N3O2.C25H24FN3O2/c26-25(27,28)15-31-20-13-19(16-5-2-1-3-6-16)22(30-23(20)33-14-21(31)32)17-7-9-18(10-8-17)24(29)11-4-12-24;26-13-14-29-21-15-20(17-5-2-1-3-6-17)23(28-24(21)31-16-22(29)30)18-7-9-19(10-8-18)25(27)11-4-12-25/h1-3,5-10,13H,4,11-12,14-15,29H2;1-3,5-10,15H,4,11-14,16,27H2. The van der Waals surface area contributed by atoms with Crippen molar-refractivity contribution in [3.05, 3.63) is 132 Å². The summed E-state index contributed by atoms with van der Waals surface area (Å²) in [5.74, 6) is -0.670. The fourth-order valence-electron chi connectivity index (χ4n) is 8.67. The van der Waals surface area contributed by atoms with E-state index >= 15 is 0 Å². The minimum atomic E-state index is -4.55. The lowest BCUT2D eigenvalue weighted by atomic mass is 9.72. The van der Waals surface area contributed by atoms with E-state index in [0.29, 0.717) is 27.7 Å². The van der Waals surface area contributed by atoms with Crippen molar-refractivity contribution in [2.24, 2.45) is 11.5 Å². The molecule has 0 radical (unpaired) electrons. The Labute approximate surface area is 367 Å². The van der Waals surface area contributed by atoms with Crippen molar-refractivity contribution >= 4 is 23.2 Å². The molecular weight excluding hydrogens is 825 g/mol. The monoisotopic (exact) mass is 870 g/mol. The van der Waals surface area contributed by atoms with Gasteiger partial charge in [0.2, 0.25) is 11.8 Å². The van der Waals surface area contributed by atoms with Gasteiger partial charge >= 0.3 is 6.18 Å². The van der Waals surface area contributed by atoms with E-state index in [0.717, 1.165) is 83.2 Å². The topological polar surface area (TPSA) is 137 Å². The van der Waals surface area contributed by atoms with Gasteiger partial charge in [0.1, 0.15) is 24.6 Å². The molecule has 0 unspecified atom stereocenters. The number of benzene rings is 4. The predicted octanol–water partition coefficient (Wildman–Crippen LogP) is 9.49. The van der Waals surface area contributed by atoms with Crippen LogP contribution in [-0.4, -0.2) is 60.9 Å². The lowest BCUT2D eigenvalue weighted by molar-refractivity contribution is -0.134. The fourth-order valence-corrected chi connectivity index (χ4v) is 8.67. The molecule has 0 atom stereocenters. The molecule has 0 spiro atoms. The largest absolute Gasteiger partial charge is 0.466 e. The van der Waals surface area contributed by atoms with Crippen LogP contribution in [0.15, 0.2) is 121 Å². The van der Waals surface area contributed by atoms with Gasteiger partial charge in [-0.25, -0.2) is 14.4 Å². The van der Waals surface area contributed by atoms with E-state index in [-0.39, 0.29) is 41.7 Å². The minimum Gasteiger partial charge on any atom is -0.466 e. The van der Waals surface area contributed by atoms with Crippen LogP contribution >= 0.6 is 0 Å². The second-order valence-electron chi connectivity index (χ2n) is 16.7. The summed E-state index contributed by atoms with van der Waals surface area (Å²) in [5.41, 5.74) is 21.3. The summed E-state index contributed by atoms with van der Waals surface area (Å²) < 4.78 is 63.7. The Hall–Kier alpha value is -6.64. The van der Waals surface area contributed by atoms with E-state index in [1.165, 1.54) is 4.90 Å². The number of anilines is 2. The summed E-state index contributed by atoms with van der Waals surface area (Å²) in [4.78, 5) is 36.1. The normalized spacial score (nSPS) is 17.1. The van der Waals surface area contributed by atoms with Gasteiger partial charge in [-0.1, -0.05) is 109 Å². The smallest absolute Gasteiger partial charge is 0.406 e. The molecule has 14 heteroatoms. The number of rotatable bonds is 9. The highest BCUT2D eigenvalue weighted by molar-refractivity contribution is 6.00. The van der Waals surface area contributed by atoms with Crippen LogP contribution in [0.3, 0.4) is 0 Å². The van der Waals surface area contributed by atoms with Gasteiger partial charge in [0, 0.05) is 33.3 Å². The maximum absolute atomic E-state index is 13.2. The molecule has 4 aromatic carbocycles. The van der Waals surface area contributed by atoms with Gasteiger partial charge in [0.05, 0.1) is 17.9 Å². The Kier molecular flexibility index (Phi) is 11.4. The first-order valence-corrected chi connectivity index (χ1v) is 21.3. The zero-order valence-corrected chi connectivity index (χ0v) is 34.9. The van der Waals surface area contributed by atoms with Gasteiger partial charge < -0.3 is 25.8 Å². The molecule has 0 saturated heterocycles. The minimum absolute atomic E-state index is 0.00638. The number of carbonyl (C=O) groups is 2. The summed E-state index contributed by atoms with van der Waals surface area (Å²) in [6.45, 7) is -2.67. The van der Waals surface area contributed by atoms with Gasteiger partial charge in [0.25, 0.3) is 11.8 Å². The molecule has 2 aliphatic carbocycles. The molecule has 2 aromatic heterocycles. The molecule has 4 heterocycles. The number of pyridine rings is 2. The summed E-state index contributed by atoms with van der Waals surface area (Å²) >= 11 is 0. The van der Waals surface area contributed by atoms with Gasteiger partial charge in [-0.3, -0.25) is 14.5 Å². The molecule has 64 heavy (non-hydrogen) atoms. The second-order valence-corrected chi connectivity index (χ2v) is 16.7. The highest BCUT2D eigenvalue weighted by Crippen LogP contribution is 2.45. The second kappa shape index (κ2) is 17.1. The molecule has 4 N–H and O–H groups in total. The number of aromatic nitrogens is 2. The Morgan fingerprint density at radius 3 is 1.36 bits per heavy atom. The highest BCUT2D eigenvalue weighted by Gasteiger charge is 2.39. The molecule has 10 nitrogen and oxygen atoms in total. The molecule has 0 bridgehead atoms. The fraction of sp³-hybridized carbons (Fsp3) is 0.280. The van der Waals surface area contributed by atoms with Crippen molar-refractivity contribution in [3.8, 4) is 56.5 Å². The number of nitrogens with zero attached hydrogens (tertiary/aromatic N) is 4. The Bertz CT molecular complexity index is 2670. The summed E-state index contributed by atoms with van der Waals surface area (Å²) in [6, 6.07) is 38.5. The zero-order valence-electron chi connectivity index (χ0n) is 34.9. The average Bonchev–Trinajstić information content (AvgIpc) is 3.29. The van der Waals surface area contributed by atoms with Crippen molar-refractivity contribution < 1.29 is 36.6 Å². The lowest BCUT2D eigenvalue weighted by Crippen LogP contribution is -2.44. The van der Waals surface area contributed by atoms with Crippen molar-refractivity contribution in [1.29, 1.82) is 0 Å². The van der Waals surface area contributed by atoms with E-state index in [2.05, 4.69) is 17.1 Å². The van der Waals surface area contributed by atoms with Crippen LogP contribution in [0.5, 0.6) is 11.8 Å². The Morgan fingerprint density at radius 2 is 0.984 bits per heavy atom. The number of amides is 2. The number of halogens is 4. The van der Waals surface area contributed by atoms with Crippen LogP contribution in [0.4, 0.5) is 28.9 Å². The Morgan fingerprint density at radius 1 is 0.578 bits per heavy atom. The molecule has 4 aliphatic rings. The van der Waals surface area contributed by atoms with Crippen molar-refractivity contribution in [1.82, 2.24) is 9.97 Å². The predicted molar refractivity (Wildman–Crippen MR) is 237 cm³/mol. The molecule has 10 rings (SSSR count). The number of carbonyl (C=O) groups excluding carboxylic acids is 2. The number of hydrogen-bond donors (Lipinski definition) is 2. The van der Waals surface area contributed by atoms with Crippen LogP contribution < -0.4 is 30.7 Å². The quantitative estimate of drug-likeness (QED) is 0.137. The number of fused-ring (bicyclic) bond motifs is 2. The molecule has 2 saturated carbocycles. The number of nitrogens with two attached hydrogens (primary N) is 2. The van der Waals surface area contributed by atoms with Crippen LogP contribution in [0.25, 0.3) is 44.8 Å². The number of ether oxygens (including phenoxy) is 2. The summed E-state index contributed by atoms with van der Waals surface area (Å²) in [6.07, 6.45) is 1.61. The molecule has 328 valence electrons. The maximum Gasteiger partial charge on any atom is 0.406 e. The van der Waals surface area contributed by atoms with E-state index in [9.17, 15) is 27.2 Å². The molecule has 2 amide bonds. The number of alkyl halides is 4. The zero-order chi connectivity index (χ0) is 44.6. The van der Waals surface area contributed by atoms with Gasteiger partial charge in [-0.05, 0) is 72.9 Å². The molecule has 2 aliphatic heterocycles. The van der Waals surface area contributed by atoms with Crippen LogP contribution in [0.1, 0.15) is 49.7 Å². The summed E-state index contributed by atoms with van der Waals surface area (Å²) in [7, 11) is 0. The number of hydrogen-bond acceptors (Lipinski definition) is 8. The van der Waals surface area contributed by atoms with Crippen molar-refractivity contribution in [2.75, 3.05) is 42.8 Å². The van der Waals surface area contributed by atoms with E-state index in [1.807, 2.05) is 103 Å².